The smallest absolute Gasteiger partial charge is 0.251 e. The van der Waals surface area contributed by atoms with Gasteiger partial charge >= 0.3 is 0 Å². The van der Waals surface area contributed by atoms with Crippen molar-refractivity contribution in [2.24, 2.45) is 0 Å². The fourth-order valence-electron chi connectivity index (χ4n) is 3.28. The van der Waals surface area contributed by atoms with Crippen LogP contribution in [0.3, 0.4) is 0 Å². The summed E-state index contributed by atoms with van der Waals surface area (Å²) in [5, 5.41) is 2.77. The van der Waals surface area contributed by atoms with Crippen LogP contribution in [0.25, 0.3) is 17.5 Å². The first-order valence-electron chi connectivity index (χ1n) is 10.5. The number of aromatic nitrogens is 2. The molecule has 33 heavy (non-hydrogen) atoms. The molecule has 8 nitrogen and oxygen atoms in total. The summed E-state index contributed by atoms with van der Waals surface area (Å²) < 4.78 is 26.5. The topological polar surface area (TPSA) is 112 Å². The monoisotopic (exact) mass is 466 g/mol. The molecular weight excluding hydrogens is 440 g/mol. The summed E-state index contributed by atoms with van der Waals surface area (Å²) in [6, 6.07) is 14.8. The fraction of sp³-hybridized carbons (Fsp3) is 0.208. The number of hydrogen-bond acceptors (Lipinski definition) is 5. The van der Waals surface area contributed by atoms with E-state index in [1.165, 1.54) is 28.6 Å². The summed E-state index contributed by atoms with van der Waals surface area (Å²) >= 11 is 0. The number of carbonyl (C=O) groups is 1. The second-order valence-electron chi connectivity index (χ2n) is 7.30. The summed E-state index contributed by atoms with van der Waals surface area (Å²) in [5.74, 6) is 0.0732. The molecule has 0 saturated carbocycles. The van der Waals surface area contributed by atoms with E-state index in [-0.39, 0.29) is 16.4 Å². The van der Waals surface area contributed by atoms with Crippen LogP contribution in [0.4, 0.5) is 5.69 Å². The molecule has 1 heterocycles. The Labute approximate surface area is 193 Å². The van der Waals surface area contributed by atoms with Gasteiger partial charge in [0.25, 0.3) is 5.56 Å². The first-order chi connectivity index (χ1) is 15.7. The second-order valence-corrected chi connectivity index (χ2v) is 9.24. The number of sulfonamides is 1. The Morgan fingerprint density at radius 3 is 2.42 bits per heavy atom. The lowest BCUT2D eigenvalue weighted by Gasteiger charge is -2.18. The zero-order valence-electron chi connectivity index (χ0n) is 18.7. The van der Waals surface area contributed by atoms with Gasteiger partial charge in [0.2, 0.25) is 15.9 Å². The van der Waals surface area contributed by atoms with E-state index in [4.69, 9.17) is 0 Å². The van der Waals surface area contributed by atoms with Gasteiger partial charge in [-0.2, -0.15) is 4.31 Å². The molecule has 0 fully saturated rings. The molecular formula is C24H26N4O4S. The number of hydrogen-bond donors (Lipinski definition) is 2. The zero-order chi connectivity index (χ0) is 24.0. The molecule has 0 radical (unpaired) electrons. The maximum atomic E-state index is 12.6. The number of benzene rings is 2. The van der Waals surface area contributed by atoms with Gasteiger partial charge in [-0.1, -0.05) is 38.1 Å². The van der Waals surface area contributed by atoms with Crippen molar-refractivity contribution in [3.8, 4) is 11.4 Å². The van der Waals surface area contributed by atoms with Crippen molar-refractivity contribution in [2.45, 2.75) is 25.7 Å². The number of aryl methyl sites for hydroxylation is 1. The third kappa shape index (κ3) is 6.03. The van der Waals surface area contributed by atoms with Gasteiger partial charge in [0.15, 0.2) is 0 Å². The van der Waals surface area contributed by atoms with Gasteiger partial charge in [-0.25, -0.2) is 13.4 Å². The highest BCUT2D eigenvalue weighted by Gasteiger charge is 2.20. The number of nitrogens with one attached hydrogen (secondary N) is 2. The largest absolute Gasteiger partial charge is 0.322 e. The third-order valence-electron chi connectivity index (χ3n) is 4.92. The van der Waals surface area contributed by atoms with Gasteiger partial charge in [0, 0.05) is 42.2 Å². The van der Waals surface area contributed by atoms with Crippen LogP contribution >= 0.6 is 0 Å². The maximum Gasteiger partial charge on any atom is 0.251 e. The normalized spacial score (nSPS) is 11.8. The molecule has 0 saturated heterocycles. The molecule has 9 heteroatoms. The Hall–Kier alpha value is -3.56. The number of rotatable bonds is 8. The lowest BCUT2D eigenvalue weighted by molar-refractivity contribution is -0.111. The lowest BCUT2D eigenvalue weighted by Crippen LogP contribution is -2.30. The number of H-pyrrole nitrogens is 1. The minimum Gasteiger partial charge on any atom is -0.322 e. The molecule has 0 unspecified atom stereocenters. The predicted octanol–water partition coefficient (Wildman–Crippen LogP) is 3.43. The van der Waals surface area contributed by atoms with Gasteiger partial charge in [-0.15, -0.1) is 0 Å². The highest BCUT2D eigenvalue weighted by Crippen LogP contribution is 2.19. The van der Waals surface area contributed by atoms with Crippen molar-refractivity contribution in [1.82, 2.24) is 14.3 Å². The number of nitrogens with zero attached hydrogens (tertiary/aromatic N) is 2. The van der Waals surface area contributed by atoms with Crippen molar-refractivity contribution in [1.29, 1.82) is 0 Å². The quantitative estimate of drug-likeness (QED) is 0.494. The van der Waals surface area contributed by atoms with E-state index in [0.29, 0.717) is 41.4 Å². The van der Waals surface area contributed by atoms with Crippen LogP contribution in [-0.4, -0.2) is 41.7 Å². The summed E-state index contributed by atoms with van der Waals surface area (Å²) in [7, 11) is -3.52. The van der Waals surface area contributed by atoms with Crippen LogP contribution in [-0.2, 0) is 14.8 Å². The van der Waals surface area contributed by atoms with Crippen molar-refractivity contribution < 1.29 is 13.2 Å². The number of amides is 1. The van der Waals surface area contributed by atoms with Crippen molar-refractivity contribution >= 4 is 27.7 Å². The molecule has 0 atom stereocenters. The molecule has 2 aromatic carbocycles. The molecule has 0 spiro atoms. The Morgan fingerprint density at radius 2 is 1.79 bits per heavy atom. The highest BCUT2D eigenvalue weighted by atomic mass is 32.2. The molecule has 0 bridgehead atoms. The average molecular weight is 467 g/mol. The van der Waals surface area contributed by atoms with Crippen LogP contribution in [0.1, 0.15) is 25.1 Å². The SMILES string of the molecule is CCN(CC)S(=O)(=O)c1ccc(C=CC(=O)Nc2cccc(-c3nc(C)cc(=O)[nH]3)c2)cc1. The summed E-state index contributed by atoms with van der Waals surface area (Å²) in [6.45, 7) is 6.13. The first kappa shape index (κ1) is 24.1. The molecule has 172 valence electrons. The van der Waals surface area contributed by atoms with Crippen molar-refractivity contribution in [3.05, 3.63) is 82.3 Å². The predicted molar refractivity (Wildman–Crippen MR) is 129 cm³/mol. The minimum atomic E-state index is -3.52. The summed E-state index contributed by atoms with van der Waals surface area (Å²) in [6.07, 6.45) is 2.97. The van der Waals surface area contributed by atoms with E-state index < -0.39 is 10.0 Å². The third-order valence-corrected chi connectivity index (χ3v) is 6.99. The number of anilines is 1. The number of aromatic amines is 1. The van der Waals surface area contributed by atoms with E-state index in [2.05, 4.69) is 15.3 Å². The van der Waals surface area contributed by atoms with E-state index in [1.807, 2.05) is 0 Å². The highest BCUT2D eigenvalue weighted by molar-refractivity contribution is 7.89. The number of carbonyl (C=O) groups excluding carboxylic acids is 1. The fourth-order valence-corrected chi connectivity index (χ4v) is 4.74. The van der Waals surface area contributed by atoms with Crippen LogP contribution in [0.15, 0.2) is 70.4 Å². The Balaban J connectivity index is 1.70. The van der Waals surface area contributed by atoms with Gasteiger partial charge < -0.3 is 10.3 Å². The van der Waals surface area contributed by atoms with E-state index in [0.717, 1.165) is 0 Å². The van der Waals surface area contributed by atoms with Gasteiger partial charge in [-0.05, 0) is 42.8 Å². The molecule has 0 aliphatic heterocycles. The van der Waals surface area contributed by atoms with Crippen molar-refractivity contribution in [2.75, 3.05) is 18.4 Å². The van der Waals surface area contributed by atoms with Crippen LogP contribution in [0.5, 0.6) is 0 Å². The Bertz CT molecular complexity index is 1330. The molecule has 3 rings (SSSR count). The van der Waals surface area contributed by atoms with Gasteiger partial charge in [0.1, 0.15) is 5.82 Å². The van der Waals surface area contributed by atoms with E-state index >= 15 is 0 Å². The lowest BCUT2D eigenvalue weighted by atomic mass is 10.1. The van der Waals surface area contributed by atoms with Crippen LogP contribution in [0.2, 0.25) is 0 Å². The average Bonchev–Trinajstić information content (AvgIpc) is 2.78. The zero-order valence-corrected chi connectivity index (χ0v) is 19.5. The second kappa shape index (κ2) is 10.4. The van der Waals surface area contributed by atoms with Crippen LogP contribution < -0.4 is 10.9 Å². The Morgan fingerprint density at radius 1 is 1.09 bits per heavy atom. The molecule has 3 aromatic rings. The first-order valence-corrected chi connectivity index (χ1v) is 11.9. The Kier molecular flexibility index (Phi) is 7.57. The van der Waals surface area contributed by atoms with Crippen LogP contribution in [0, 0.1) is 6.92 Å². The maximum absolute atomic E-state index is 12.6. The van der Waals surface area contributed by atoms with E-state index in [1.54, 1.807) is 63.2 Å². The molecule has 0 aliphatic rings. The molecule has 0 aliphatic carbocycles. The van der Waals surface area contributed by atoms with Gasteiger partial charge in [0.05, 0.1) is 4.90 Å². The molecule has 1 aromatic heterocycles. The minimum absolute atomic E-state index is 0.215. The van der Waals surface area contributed by atoms with Gasteiger partial charge in [-0.3, -0.25) is 9.59 Å². The molecule has 1 amide bonds. The molecule has 2 N–H and O–H groups in total. The van der Waals surface area contributed by atoms with Crippen molar-refractivity contribution in [3.63, 3.8) is 0 Å². The summed E-state index contributed by atoms with van der Waals surface area (Å²) in [5.41, 5.74) is 2.27. The standard InChI is InChI=1S/C24H26N4O4S/c1-4-28(5-2)33(31,32)21-12-9-18(10-13-21)11-14-22(29)26-20-8-6-7-19(16-20)24-25-17(3)15-23(30)27-24/h6-16H,4-5H2,1-3H3,(H,26,29)(H,25,27,30). The van der Waals surface area contributed by atoms with E-state index in [9.17, 15) is 18.0 Å². The summed E-state index contributed by atoms with van der Waals surface area (Å²) in [4.78, 5) is 31.3.